The van der Waals surface area contributed by atoms with Gasteiger partial charge in [0.25, 0.3) is 0 Å². The second kappa shape index (κ2) is 7.65. The molecule has 0 aromatic rings. The topological polar surface area (TPSA) is 53.2 Å². The standard InChI is InChI=1S/C11H23N3O/c1-10-9-11(15)14-8-4-6-12-5-2-3-7-13-10/h10,12-13H,2-9H2,1H3,(H,14,15). The Morgan fingerprint density at radius 3 is 2.67 bits per heavy atom. The first kappa shape index (κ1) is 12.5. The van der Waals surface area contributed by atoms with Crippen molar-refractivity contribution < 1.29 is 4.79 Å². The van der Waals surface area contributed by atoms with E-state index in [0.29, 0.717) is 12.5 Å². The van der Waals surface area contributed by atoms with Crippen molar-refractivity contribution in [2.24, 2.45) is 0 Å². The summed E-state index contributed by atoms with van der Waals surface area (Å²) in [6.07, 6.45) is 4.00. The molecular weight excluding hydrogens is 190 g/mol. The van der Waals surface area contributed by atoms with Gasteiger partial charge >= 0.3 is 0 Å². The molecule has 0 aromatic heterocycles. The maximum Gasteiger partial charge on any atom is 0.221 e. The molecule has 1 fully saturated rings. The summed E-state index contributed by atoms with van der Waals surface area (Å²) in [4.78, 5) is 11.4. The van der Waals surface area contributed by atoms with Crippen molar-refractivity contribution in [3.05, 3.63) is 0 Å². The summed E-state index contributed by atoms with van der Waals surface area (Å²) in [5.41, 5.74) is 0. The zero-order valence-electron chi connectivity index (χ0n) is 9.64. The number of nitrogens with one attached hydrogen (secondary N) is 3. The van der Waals surface area contributed by atoms with Crippen LogP contribution in [0.15, 0.2) is 0 Å². The number of amides is 1. The minimum absolute atomic E-state index is 0.161. The molecule has 4 heteroatoms. The number of hydrogen-bond donors (Lipinski definition) is 3. The minimum atomic E-state index is 0.161. The van der Waals surface area contributed by atoms with E-state index in [1.807, 2.05) is 0 Å². The third kappa shape index (κ3) is 6.47. The third-order valence-electron chi connectivity index (χ3n) is 2.62. The maximum absolute atomic E-state index is 11.4. The average Bonchev–Trinajstić information content (AvgIpc) is 2.21. The highest BCUT2D eigenvalue weighted by atomic mass is 16.1. The first-order valence-electron chi connectivity index (χ1n) is 6.00. The van der Waals surface area contributed by atoms with Gasteiger partial charge in [-0.05, 0) is 45.8 Å². The quantitative estimate of drug-likeness (QED) is 0.540. The van der Waals surface area contributed by atoms with E-state index < -0.39 is 0 Å². The second-order valence-electron chi connectivity index (χ2n) is 4.22. The van der Waals surface area contributed by atoms with E-state index in [1.54, 1.807) is 0 Å². The molecule has 1 atom stereocenters. The van der Waals surface area contributed by atoms with Gasteiger partial charge in [-0.25, -0.2) is 0 Å². The Morgan fingerprint density at radius 2 is 1.80 bits per heavy atom. The lowest BCUT2D eigenvalue weighted by molar-refractivity contribution is -0.121. The first-order chi connectivity index (χ1) is 7.29. The summed E-state index contributed by atoms with van der Waals surface area (Å²) in [6.45, 7) is 5.96. The zero-order chi connectivity index (χ0) is 10.9. The summed E-state index contributed by atoms with van der Waals surface area (Å²) in [6, 6.07) is 0.290. The zero-order valence-corrected chi connectivity index (χ0v) is 9.64. The summed E-state index contributed by atoms with van der Waals surface area (Å²) >= 11 is 0. The molecule has 1 unspecified atom stereocenters. The van der Waals surface area contributed by atoms with Crippen LogP contribution in [0.3, 0.4) is 0 Å². The Hall–Kier alpha value is -0.610. The van der Waals surface area contributed by atoms with Crippen molar-refractivity contribution in [3.63, 3.8) is 0 Å². The molecule has 0 aliphatic carbocycles. The lowest BCUT2D eigenvalue weighted by Crippen LogP contribution is -2.34. The highest BCUT2D eigenvalue weighted by Gasteiger charge is 2.07. The lowest BCUT2D eigenvalue weighted by atomic mass is 10.2. The molecule has 0 spiro atoms. The molecule has 1 amide bonds. The molecular formula is C11H23N3O. The lowest BCUT2D eigenvalue weighted by Gasteiger charge is -2.12. The van der Waals surface area contributed by atoms with Gasteiger partial charge in [0.15, 0.2) is 0 Å². The van der Waals surface area contributed by atoms with Crippen LogP contribution in [0.4, 0.5) is 0 Å². The molecule has 4 nitrogen and oxygen atoms in total. The van der Waals surface area contributed by atoms with Crippen LogP contribution in [0, 0.1) is 0 Å². The van der Waals surface area contributed by atoms with Gasteiger partial charge in [-0.2, -0.15) is 0 Å². The molecule has 15 heavy (non-hydrogen) atoms. The number of rotatable bonds is 0. The fourth-order valence-corrected chi connectivity index (χ4v) is 1.71. The summed E-state index contributed by atoms with van der Waals surface area (Å²) in [5.74, 6) is 0.161. The van der Waals surface area contributed by atoms with Crippen LogP contribution >= 0.6 is 0 Å². The summed E-state index contributed by atoms with van der Waals surface area (Å²) in [7, 11) is 0. The van der Waals surface area contributed by atoms with Crippen molar-refractivity contribution in [1.82, 2.24) is 16.0 Å². The van der Waals surface area contributed by atoms with Crippen molar-refractivity contribution in [3.8, 4) is 0 Å². The van der Waals surface area contributed by atoms with Crippen LogP contribution in [-0.2, 0) is 4.79 Å². The van der Waals surface area contributed by atoms with E-state index in [2.05, 4.69) is 22.9 Å². The van der Waals surface area contributed by atoms with Crippen molar-refractivity contribution in [2.45, 2.75) is 38.6 Å². The smallest absolute Gasteiger partial charge is 0.221 e. The summed E-state index contributed by atoms with van der Waals surface area (Å²) in [5, 5.41) is 9.67. The number of carbonyl (C=O) groups is 1. The number of carbonyl (C=O) groups excluding carboxylic acids is 1. The maximum atomic E-state index is 11.4. The normalized spacial score (nSPS) is 27.0. The van der Waals surface area contributed by atoms with Gasteiger partial charge in [-0.1, -0.05) is 0 Å². The molecule has 88 valence electrons. The van der Waals surface area contributed by atoms with Crippen LogP contribution in [0.1, 0.15) is 32.6 Å². The van der Waals surface area contributed by atoms with Crippen LogP contribution in [-0.4, -0.2) is 38.1 Å². The molecule has 3 N–H and O–H groups in total. The van der Waals surface area contributed by atoms with E-state index in [9.17, 15) is 4.79 Å². The fourth-order valence-electron chi connectivity index (χ4n) is 1.71. The van der Waals surface area contributed by atoms with Gasteiger partial charge in [0, 0.05) is 19.0 Å². The van der Waals surface area contributed by atoms with Crippen LogP contribution in [0.2, 0.25) is 0 Å². The molecule has 0 saturated carbocycles. The molecule has 1 aliphatic rings. The molecule has 0 aromatic carbocycles. The second-order valence-corrected chi connectivity index (χ2v) is 4.22. The molecule has 1 saturated heterocycles. The number of hydrogen-bond acceptors (Lipinski definition) is 3. The Kier molecular flexibility index (Phi) is 6.36. The Labute approximate surface area is 92.2 Å². The van der Waals surface area contributed by atoms with Gasteiger partial charge in [0.05, 0.1) is 0 Å². The Balaban J connectivity index is 2.26. The van der Waals surface area contributed by atoms with Gasteiger partial charge < -0.3 is 16.0 Å². The highest BCUT2D eigenvalue weighted by Crippen LogP contribution is 1.93. The highest BCUT2D eigenvalue weighted by molar-refractivity contribution is 5.76. The van der Waals surface area contributed by atoms with Crippen LogP contribution in [0.25, 0.3) is 0 Å². The Bertz CT molecular complexity index is 185. The van der Waals surface area contributed by atoms with Crippen molar-refractivity contribution in [2.75, 3.05) is 26.2 Å². The van der Waals surface area contributed by atoms with Gasteiger partial charge in [-0.15, -0.1) is 0 Å². The van der Waals surface area contributed by atoms with Gasteiger partial charge in [-0.3, -0.25) is 4.79 Å². The fraction of sp³-hybridized carbons (Fsp3) is 0.909. The third-order valence-corrected chi connectivity index (χ3v) is 2.62. The monoisotopic (exact) mass is 213 g/mol. The predicted octanol–water partition coefficient (Wildman–Crippen LogP) is 0.244. The molecule has 0 bridgehead atoms. The minimum Gasteiger partial charge on any atom is -0.356 e. The largest absolute Gasteiger partial charge is 0.356 e. The van der Waals surface area contributed by atoms with Crippen LogP contribution < -0.4 is 16.0 Å². The predicted molar refractivity (Wildman–Crippen MR) is 61.8 cm³/mol. The van der Waals surface area contributed by atoms with E-state index in [0.717, 1.165) is 32.6 Å². The molecule has 0 radical (unpaired) electrons. The molecule has 1 aliphatic heterocycles. The summed E-state index contributed by atoms with van der Waals surface area (Å²) < 4.78 is 0. The average molecular weight is 213 g/mol. The van der Waals surface area contributed by atoms with E-state index in [4.69, 9.17) is 0 Å². The van der Waals surface area contributed by atoms with E-state index in [-0.39, 0.29) is 5.91 Å². The first-order valence-corrected chi connectivity index (χ1v) is 6.00. The van der Waals surface area contributed by atoms with Crippen molar-refractivity contribution in [1.29, 1.82) is 0 Å². The van der Waals surface area contributed by atoms with E-state index in [1.165, 1.54) is 12.8 Å². The molecule has 1 rings (SSSR count). The van der Waals surface area contributed by atoms with Crippen molar-refractivity contribution >= 4 is 5.91 Å². The van der Waals surface area contributed by atoms with Crippen LogP contribution in [0.5, 0.6) is 0 Å². The van der Waals surface area contributed by atoms with Gasteiger partial charge in [0.1, 0.15) is 0 Å². The van der Waals surface area contributed by atoms with Gasteiger partial charge in [0.2, 0.25) is 5.91 Å². The molecule has 1 heterocycles. The SMILES string of the molecule is CC1CC(=O)NCCCNCCCCN1. The van der Waals surface area contributed by atoms with E-state index >= 15 is 0 Å². The Morgan fingerprint density at radius 1 is 1.07 bits per heavy atom.